The molecule has 0 amide bonds. The van der Waals surface area contributed by atoms with Gasteiger partial charge in [0.25, 0.3) is 0 Å². The molecule has 0 aliphatic carbocycles. The van der Waals surface area contributed by atoms with E-state index in [0.717, 1.165) is 13.7 Å². The minimum Gasteiger partial charge on any atom is -0.383 e. The summed E-state index contributed by atoms with van der Waals surface area (Å²) in [6.07, 6.45) is 0. The number of nitrogens with zero attached hydrogens (tertiary/aromatic N) is 6. The lowest BCUT2D eigenvalue weighted by Crippen LogP contribution is -2.55. The standard InChI is InChI=1S/C17H26N6O10/c1-18-12(24)19(5-7-30-2)14(26)20(13(18)25)6-8-33-11-23-16(28)21(9-31-3)15(27)22(10-32-4)17(23)29/h5-11H2,1-4H3. The van der Waals surface area contributed by atoms with Crippen molar-refractivity contribution in [3.8, 4) is 0 Å². The molecule has 2 rings (SSSR count). The maximum atomic E-state index is 12.5. The summed E-state index contributed by atoms with van der Waals surface area (Å²) in [5.74, 6) is 0. The fourth-order valence-electron chi connectivity index (χ4n) is 2.90. The molecule has 16 nitrogen and oxygen atoms in total. The Morgan fingerprint density at radius 2 is 0.909 bits per heavy atom. The summed E-state index contributed by atoms with van der Waals surface area (Å²) in [4.78, 5) is 74.3. The maximum absolute atomic E-state index is 12.5. The predicted molar refractivity (Wildman–Crippen MR) is 111 cm³/mol. The Kier molecular flexibility index (Phi) is 9.03. The van der Waals surface area contributed by atoms with E-state index in [0.29, 0.717) is 13.7 Å². The third kappa shape index (κ3) is 5.36. The van der Waals surface area contributed by atoms with E-state index in [1.165, 1.54) is 28.4 Å². The second-order valence-electron chi connectivity index (χ2n) is 6.71. The van der Waals surface area contributed by atoms with Gasteiger partial charge in [-0.15, -0.1) is 0 Å². The van der Waals surface area contributed by atoms with Crippen LogP contribution in [0.15, 0.2) is 28.8 Å². The molecule has 0 aliphatic heterocycles. The van der Waals surface area contributed by atoms with Crippen LogP contribution in [0.5, 0.6) is 0 Å². The first kappa shape index (κ1) is 25.9. The Labute approximate surface area is 185 Å². The predicted octanol–water partition coefficient (Wildman–Crippen LogP) is -4.28. The molecule has 0 saturated carbocycles. The molecule has 0 fully saturated rings. The Hall–Kier alpha value is -3.34. The average Bonchev–Trinajstić information content (AvgIpc) is 2.79. The van der Waals surface area contributed by atoms with Crippen LogP contribution in [0.2, 0.25) is 0 Å². The first-order chi connectivity index (χ1) is 15.7. The van der Waals surface area contributed by atoms with Gasteiger partial charge < -0.3 is 18.9 Å². The normalized spacial score (nSPS) is 11.3. The van der Waals surface area contributed by atoms with E-state index in [1.807, 2.05) is 0 Å². The third-order valence-electron chi connectivity index (χ3n) is 4.60. The van der Waals surface area contributed by atoms with E-state index >= 15 is 0 Å². The first-order valence-electron chi connectivity index (χ1n) is 9.60. The molecule has 0 N–H and O–H groups in total. The monoisotopic (exact) mass is 474 g/mol. The van der Waals surface area contributed by atoms with Crippen LogP contribution in [0, 0.1) is 0 Å². The molecule has 0 spiro atoms. The molecule has 16 heteroatoms. The highest BCUT2D eigenvalue weighted by Crippen LogP contribution is 1.84. The Bertz CT molecular complexity index is 1280. The number of ether oxygens (including phenoxy) is 4. The van der Waals surface area contributed by atoms with E-state index in [1.54, 1.807) is 0 Å². The van der Waals surface area contributed by atoms with Crippen molar-refractivity contribution in [1.82, 2.24) is 27.4 Å². The van der Waals surface area contributed by atoms with E-state index in [-0.39, 0.29) is 26.3 Å². The van der Waals surface area contributed by atoms with Crippen LogP contribution in [-0.4, -0.2) is 61.9 Å². The van der Waals surface area contributed by atoms with Gasteiger partial charge in [0, 0.05) is 28.4 Å². The Morgan fingerprint density at radius 1 is 0.515 bits per heavy atom. The summed E-state index contributed by atoms with van der Waals surface area (Å²) >= 11 is 0. The van der Waals surface area contributed by atoms with E-state index in [9.17, 15) is 28.8 Å². The minimum absolute atomic E-state index is 0.0569. The Balaban J connectivity index is 2.30. The largest absolute Gasteiger partial charge is 0.383 e. The lowest BCUT2D eigenvalue weighted by atomic mass is 10.6. The number of aromatic nitrogens is 6. The van der Waals surface area contributed by atoms with Crippen molar-refractivity contribution in [1.29, 1.82) is 0 Å². The molecule has 0 atom stereocenters. The smallest absolute Gasteiger partial charge is 0.340 e. The summed E-state index contributed by atoms with van der Waals surface area (Å²) in [5.41, 5.74) is -5.35. The number of hydrogen-bond acceptors (Lipinski definition) is 10. The number of rotatable bonds is 12. The Morgan fingerprint density at radius 3 is 1.33 bits per heavy atom. The van der Waals surface area contributed by atoms with Crippen LogP contribution in [0.25, 0.3) is 0 Å². The van der Waals surface area contributed by atoms with Crippen LogP contribution < -0.4 is 34.1 Å². The van der Waals surface area contributed by atoms with Crippen molar-refractivity contribution in [2.24, 2.45) is 7.05 Å². The van der Waals surface area contributed by atoms with Gasteiger partial charge in [0.2, 0.25) is 0 Å². The van der Waals surface area contributed by atoms with E-state index in [2.05, 4.69) is 0 Å². The SMILES string of the molecule is COCCn1c(=O)n(C)c(=O)n(CCOCn2c(=O)n(COC)c(=O)n(COC)c2=O)c1=O. The zero-order chi connectivity index (χ0) is 24.7. The van der Waals surface area contributed by atoms with Crippen molar-refractivity contribution >= 4 is 0 Å². The van der Waals surface area contributed by atoms with Crippen molar-refractivity contribution in [3.63, 3.8) is 0 Å². The molecular weight excluding hydrogens is 448 g/mol. The lowest BCUT2D eigenvalue weighted by Gasteiger charge is -2.14. The maximum Gasteiger partial charge on any atom is 0.340 e. The summed E-state index contributed by atoms with van der Waals surface area (Å²) in [7, 11) is 5.16. The van der Waals surface area contributed by atoms with Crippen LogP contribution in [0.1, 0.15) is 0 Å². The van der Waals surface area contributed by atoms with Gasteiger partial charge >= 0.3 is 34.1 Å². The molecule has 0 saturated heterocycles. The minimum atomic E-state index is -0.972. The molecule has 0 unspecified atom stereocenters. The van der Waals surface area contributed by atoms with Gasteiger partial charge in [0.15, 0.2) is 0 Å². The summed E-state index contributed by atoms with van der Waals surface area (Å²) in [6.45, 7) is -1.90. The highest BCUT2D eigenvalue weighted by molar-refractivity contribution is 4.78. The molecular formula is C17H26N6O10. The molecule has 2 heterocycles. The van der Waals surface area contributed by atoms with Gasteiger partial charge in [-0.2, -0.15) is 0 Å². The van der Waals surface area contributed by atoms with E-state index < -0.39 is 54.3 Å². The molecule has 184 valence electrons. The molecule has 0 aromatic carbocycles. The third-order valence-corrected chi connectivity index (χ3v) is 4.60. The molecule has 2 aromatic rings. The highest BCUT2D eigenvalue weighted by Gasteiger charge is 2.16. The molecule has 2 aromatic heterocycles. The van der Waals surface area contributed by atoms with Crippen LogP contribution in [0.4, 0.5) is 0 Å². The van der Waals surface area contributed by atoms with Gasteiger partial charge in [-0.1, -0.05) is 0 Å². The fraction of sp³-hybridized carbons (Fsp3) is 0.647. The lowest BCUT2D eigenvalue weighted by molar-refractivity contribution is 0.0490. The van der Waals surface area contributed by atoms with Crippen LogP contribution in [0.3, 0.4) is 0 Å². The molecule has 0 radical (unpaired) electrons. The topological polar surface area (TPSA) is 169 Å². The van der Waals surface area contributed by atoms with Gasteiger partial charge in [-0.05, 0) is 0 Å². The van der Waals surface area contributed by atoms with Crippen LogP contribution >= 0.6 is 0 Å². The van der Waals surface area contributed by atoms with Crippen molar-refractivity contribution in [2.45, 2.75) is 33.3 Å². The summed E-state index contributed by atoms with van der Waals surface area (Å²) in [5, 5.41) is 0. The zero-order valence-corrected chi connectivity index (χ0v) is 18.7. The second kappa shape index (κ2) is 11.5. The van der Waals surface area contributed by atoms with Crippen molar-refractivity contribution < 1.29 is 18.9 Å². The second-order valence-corrected chi connectivity index (χ2v) is 6.71. The van der Waals surface area contributed by atoms with Gasteiger partial charge in [0.1, 0.15) is 20.2 Å². The van der Waals surface area contributed by atoms with Gasteiger partial charge in [0.05, 0.1) is 26.3 Å². The van der Waals surface area contributed by atoms with Gasteiger partial charge in [-0.3, -0.25) is 0 Å². The molecule has 0 bridgehead atoms. The average molecular weight is 474 g/mol. The summed E-state index contributed by atoms with van der Waals surface area (Å²) in [6, 6.07) is 0. The molecule has 33 heavy (non-hydrogen) atoms. The van der Waals surface area contributed by atoms with E-state index in [4.69, 9.17) is 18.9 Å². The summed E-state index contributed by atoms with van der Waals surface area (Å²) < 4.78 is 24.2. The zero-order valence-electron chi connectivity index (χ0n) is 18.7. The molecule has 0 aliphatic rings. The quantitative estimate of drug-likeness (QED) is 0.274. The number of methoxy groups -OCH3 is 3. The van der Waals surface area contributed by atoms with Crippen LogP contribution in [-0.2, 0) is 59.3 Å². The first-order valence-corrected chi connectivity index (χ1v) is 9.60. The highest BCUT2D eigenvalue weighted by atomic mass is 16.5. The number of hydrogen-bond donors (Lipinski definition) is 0. The van der Waals surface area contributed by atoms with Crippen molar-refractivity contribution in [2.75, 3.05) is 34.5 Å². The van der Waals surface area contributed by atoms with Crippen molar-refractivity contribution in [3.05, 3.63) is 62.9 Å². The van der Waals surface area contributed by atoms with Gasteiger partial charge in [-0.25, -0.2) is 56.2 Å². The fourth-order valence-corrected chi connectivity index (χ4v) is 2.90.